The molecular weight excluding hydrogens is 245 g/mol. The number of thiazole rings is 1. The molecule has 0 spiro atoms. The predicted molar refractivity (Wildman–Crippen MR) is 72.0 cm³/mol. The molecule has 0 aliphatic rings. The number of halogens is 1. The molecule has 18 heavy (non-hydrogen) atoms. The van der Waals surface area contributed by atoms with Crippen LogP contribution in [0.15, 0.2) is 48.5 Å². The highest BCUT2D eigenvalue weighted by molar-refractivity contribution is 7.19. The molecule has 3 heteroatoms. The Morgan fingerprint density at radius 1 is 0.944 bits per heavy atom. The van der Waals surface area contributed by atoms with Gasteiger partial charge in [-0.3, -0.25) is 0 Å². The largest absolute Gasteiger partial charge is 0.228 e. The lowest BCUT2D eigenvalue weighted by molar-refractivity contribution is 0.627. The van der Waals surface area contributed by atoms with Crippen LogP contribution >= 0.6 is 11.3 Å². The number of nitrogens with zero attached hydrogens (tertiary/aromatic N) is 1. The molecule has 0 fully saturated rings. The fourth-order valence-electron chi connectivity index (χ4n) is 1.58. The molecule has 0 aliphatic carbocycles. The molecule has 1 aromatic heterocycles. The third-order valence-corrected chi connectivity index (χ3v) is 3.40. The maximum Gasteiger partial charge on any atom is 0.168 e. The zero-order valence-electron chi connectivity index (χ0n) is 9.35. The van der Waals surface area contributed by atoms with Gasteiger partial charge in [0.05, 0.1) is 10.2 Å². The Morgan fingerprint density at radius 2 is 1.72 bits per heavy atom. The van der Waals surface area contributed by atoms with Gasteiger partial charge < -0.3 is 0 Å². The maximum atomic E-state index is 12.7. The average Bonchev–Trinajstić information content (AvgIpc) is 2.81. The van der Waals surface area contributed by atoms with Crippen molar-refractivity contribution in [3.63, 3.8) is 0 Å². The summed E-state index contributed by atoms with van der Waals surface area (Å²) in [6.45, 7) is 0. The summed E-state index contributed by atoms with van der Waals surface area (Å²) >= 11 is 1.56. The van der Waals surface area contributed by atoms with Crippen LogP contribution in [0.5, 0.6) is 0 Å². The smallest absolute Gasteiger partial charge is 0.168 e. The normalized spacial score (nSPS) is 10.1. The lowest BCUT2D eigenvalue weighted by Crippen LogP contribution is -1.76. The quantitative estimate of drug-likeness (QED) is 0.555. The Kier molecular flexibility index (Phi) is 2.79. The van der Waals surface area contributed by atoms with E-state index in [-0.39, 0.29) is 5.82 Å². The van der Waals surface area contributed by atoms with E-state index in [1.165, 1.54) is 12.1 Å². The van der Waals surface area contributed by atoms with E-state index in [1.807, 2.05) is 24.3 Å². The molecule has 3 rings (SSSR count). The SMILES string of the molecule is Fc1ccc(C#Cc2nc3ccccc3s2)cc1. The number of hydrogen-bond donors (Lipinski definition) is 0. The fourth-order valence-corrected chi connectivity index (χ4v) is 2.40. The molecule has 0 unspecified atom stereocenters. The molecular formula is C15H8FNS. The van der Waals surface area contributed by atoms with Crippen molar-refractivity contribution >= 4 is 21.6 Å². The summed E-state index contributed by atoms with van der Waals surface area (Å²) in [7, 11) is 0. The zero-order valence-corrected chi connectivity index (χ0v) is 10.2. The monoisotopic (exact) mass is 253 g/mol. The molecule has 0 atom stereocenters. The van der Waals surface area contributed by atoms with E-state index >= 15 is 0 Å². The zero-order chi connectivity index (χ0) is 12.4. The van der Waals surface area contributed by atoms with Gasteiger partial charge in [0.25, 0.3) is 0 Å². The number of aromatic nitrogens is 1. The van der Waals surface area contributed by atoms with Crippen LogP contribution in [0, 0.1) is 17.7 Å². The topological polar surface area (TPSA) is 12.9 Å². The molecule has 0 saturated carbocycles. The second kappa shape index (κ2) is 4.59. The van der Waals surface area contributed by atoms with Gasteiger partial charge in [0.2, 0.25) is 0 Å². The van der Waals surface area contributed by atoms with Crippen LogP contribution in [0.2, 0.25) is 0 Å². The summed E-state index contributed by atoms with van der Waals surface area (Å²) < 4.78 is 13.9. The van der Waals surface area contributed by atoms with E-state index in [4.69, 9.17) is 0 Å². The van der Waals surface area contributed by atoms with Gasteiger partial charge in [0, 0.05) is 5.56 Å². The van der Waals surface area contributed by atoms with Crippen molar-refractivity contribution in [1.82, 2.24) is 4.98 Å². The number of benzene rings is 2. The van der Waals surface area contributed by atoms with Crippen LogP contribution in [-0.2, 0) is 0 Å². The Bertz CT molecular complexity index is 714. The maximum absolute atomic E-state index is 12.7. The highest BCUT2D eigenvalue weighted by Crippen LogP contribution is 2.20. The van der Waals surface area contributed by atoms with E-state index in [0.717, 1.165) is 20.8 Å². The molecule has 0 radical (unpaired) electrons. The third-order valence-electron chi connectivity index (χ3n) is 2.45. The number of hydrogen-bond acceptors (Lipinski definition) is 2. The van der Waals surface area contributed by atoms with Gasteiger partial charge in [-0.2, -0.15) is 0 Å². The second-order valence-corrected chi connectivity index (χ2v) is 4.77. The van der Waals surface area contributed by atoms with Gasteiger partial charge in [-0.25, -0.2) is 9.37 Å². The van der Waals surface area contributed by atoms with E-state index in [1.54, 1.807) is 23.5 Å². The van der Waals surface area contributed by atoms with Crippen molar-refractivity contribution in [2.45, 2.75) is 0 Å². The summed E-state index contributed by atoms with van der Waals surface area (Å²) in [5, 5.41) is 0.778. The highest BCUT2D eigenvalue weighted by atomic mass is 32.1. The first-order valence-corrected chi connectivity index (χ1v) is 6.26. The van der Waals surface area contributed by atoms with Crippen LogP contribution in [0.25, 0.3) is 10.2 Å². The Labute approximate surface area is 108 Å². The van der Waals surface area contributed by atoms with Gasteiger partial charge in [0.1, 0.15) is 5.82 Å². The molecule has 0 aliphatic heterocycles. The molecule has 0 saturated heterocycles. The summed E-state index contributed by atoms with van der Waals surface area (Å²) in [5.74, 6) is 5.74. The Hall–Kier alpha value is -2.18. The van der Waals surface area contributed by atoms with Crippen LogP contribution in [0.4, 0.5) is 4.39 Å². The van der Waals surface area contributed by atoms with Crippen LogP contribution < -0.4 is 0 Å². The molecule has 0 amide bonds. The highest BCUT2D eigenvalue weighted by Gasteiger charge is 1.99. The molecule has 86 valence electrons. The lowest BCUT2D eigenvalue weighted by atomic mass is 10.2. The minimum Gasteiger partial charge on any atom is -0.228 e. The summed E-state index contributed by atoms with van der Waals surface area (Å²) in [5.41, 5.74) is 1.75. The van der Waals surface area contributed by atoms with Crippen LogP contribution in [0.1, 0.15) is 10.6 Å². The van der Waals surface area contributed by atoms with Gasteiger partial charge in [-0.15, -0.1) is 11.3 Å². The van der Waals surface area contributed by atoms with Crippen molar-refractivity contribution in [3.8, 4) is 11.8 Å². The fraction of sp³-hybridized carbons (Fsp3) is 0. The van der Waals surface area contributed by atoms with E-state index in [9.17, 15) is 4.39 Å². The Balaban J connectivity index is 1.95. The van der Waals surface area contributed by atoms with Crippen molar-refractivity contribution in [3.05, 3.63) is 64.9 Å². The number of rotatable bonds is 0. The van der Waals surface area contributed by atoms with E-state index in [0.29, 0.717) is 0 Å². The molecule has 2 aromatic carbocycles. The third kappa shape index (κ3) is 2.24. The number of para-hydroxylation sites is 1. The van der Waals surface area contributed by atoms with Crippen LogP contribution in [0.3, 0.4) is 0 Å². The van der Waals surface area contributed by atoms with Gasteiger partial charge in [-0.05, 0) is 42.3 Å². The van der Waals surface area contributed by atoms with Crippen molar-refractivity contribution in [2.24, 2.45) is 0 Å². The van der Waals surface area contributed by atoms with Gasteiger partial charge in [-0.1, -0.05) is 18.1 Å². The molecule has 1 heterocycles. The predicted octanol–water partition coefficient (Wildman–Crippen LogP) is 3.84. The summed E-state index contributed by atoms with van der Waals surface area (Å²) in [6, 6.07) is 14.1. The van der Waals surface area contributed by atoms with Crippen molar-refractivity contribution in [2.75, 3.05) is 0 Å². The minimum atomic E-state index is -0.250. The first-order chi connectivity index (χ1) is 8.81. The molecule has 0 N–H and O–H groups in total. The first kappa shape index (κ1) is 10.9. The summed E-state index contributed by atoms with van der Waals surface area (Å²) in [6.07, 6.45) is 0. The van der Waals surface area contributed by atoms with Crippen molar-refractivity contribution in [1.29, 1.82) is 0 Å². The van der Waals surface area contributed by atoms with Crippen molar-refractivity contribution < 1.29 is 4.39 Å². The minimum absolute atomic E-state index is 0.250. The van der Waals surface area contributed by atoms with Crippen LogP contribution in [-0.4, -0.2) is 4.98 Å². The number of fused-ring (bicyclic) bond motifs is 1. The molecule has 0 bridgehead atoms. The van der Waals surface area contributed by atoms with Gasteiger partial charge >= 0.3 is 0 Å². The van der Waals surface area contributed by atoms with E-state index in [2.05, 4.69) is 16.8 Å². The first-order valence-electron chi connectivity index (χ1n) is 5.44. The molecule has 3 aromatic rings. The second-order valence-electron chi connectivity index (χ2n) is 3.74. The molecule has 1 nitrogen and oxygen atoms in total. The Morgan fingerprint density at radius 3 is 2.50 bits per heavy atom. The average molecular weight is 253 g/mol. The van der Waals surface area contributed by atoms with Gasteiger partial charge in [0.15, 0.2) is 5.01 Å². The van der Waals surface area contributed by atoms with E-state index < -0.39 is 0 Å². The summed E-state index contributed by atoms with van der Waals surface area (Å²) in [4.78, 5) is 4.42. The lowest BCUT2D eigenvalue weighted by Gasteiger charge is -1.88. The standard InChI is InChI=1S/C15H8FNS/c16-12-8-5-11(6-9-12)7-10-15-17-13-3-1-2-4-14(13)18-15/h1-6,8-9H.